The van der Waals surface area contributed by atoms with Crippen molar-refractivity contribution in [2.75, 3.05) is 23.9 Å². The zero-order valence-electron chi connectivity index (χ0n) is 15.4. The van der Waals surface area contributed by atoms with Crippen molar-refractivity contribution in [1.82, 2.24) is 5.32 Å². The highest BCUT2D eigenvalue weighted by Crippen LogP contribution is 2.37. The van der Waals surface area contributed by atoms with Gasteiger partial charge in [-0.05, 0) is 49.7 Å². The van der Waals surface area contributed by atoms with Crippen molar-refractivity contribution in [3.8, 4) is 6.07 Å². The lowest BCUT2D eigenvalue weighted by Crippen LogP contribution is -2.42. The lowest BCUT2D eigenvalue weighted by Gasteiger charge is -2.16. The third-order valence-electron chi connectivity index (χ3n) is 4.15. The second kappa shape index (κ2) is 10.3. The molecule has 1 aliphatic rings. The van der Waals surface area contributed by atoms with Gasteiger partial charge in [0.05, 0.1) is 5.56 Å². The number of hydrogen-bond donors (Lipinski definition) is 2. The van der Waals surface area contributed by atoms with Crippen LogP contribution in [0.4, 0.5) is 5.00 Å². The van der Waals surface area contributed by atoms with Gasteiger partial charge >= 0.3 is 5.97 Å². The van der Waals surface area contributed by atoms with E-state index >= 15 is 0 Å². The fourth-order valence-corrected chi connectivity index (χ4v) is 4.63. The molecule has 0 aliphatic heterocycles. The van der Waals surface area contributed by atoms with Crippen molar-refractivity contribution in [2.24, 2.45) is 0 Å². The molecule has 0 bridgehead atoms. The summed E-state index contributed by atoms with van der Waals surface area (Å²) in [5.41, 5.74) is 1.55. The van der Waals surface area contributed by atoms with Gasteiger partial charge in [0.25, 0.3) is 5.91 Å². The maximum absolute atomic E-state index is 12.2. The fraction of sp³-hybridized carbons (Fsp3) is 0.556. The SMILES string of the molecule is CSCC[C@H](NC(C)=O)C(=O)OCC(=O)Nc1sc2c(c1C#N)CCCC2. The summed E-state index contributed by atoms with van der Waals surface area (Å²) in [5, 5.41) is 15.2. The number of nitrogens with one attached hydrogen (secondary N) is 2. The summed E-state index contributed by atoms with van der Waals surface area (Å²) < 4.78 is 5.06. The van der Waals surface area contributed by atoms with Crippen molar-refractivity contribution in [3.63, 3.8) is 0 Å². The number of anilines is 1. The van der Waals surface area contributed by atoms with Crippen LogP contribution in [0.1, 0.15) is 42.2 Å². The van der Waals surface area contributed by atoms with Crippen LogP contribution in [0.5, 0.6) is 0 Å². The van der Waals surface area contributed by atoms with Crippen molar-refractivity contribution < 1.29 is 19.1 Å². The highest BCUT2D eigenvalue weighted by atomic mass is 32.2. The van der Waals surface area contributed by atoms with Crippen LogP contribution in [0.25, 0.3) is 0 Å². The van der Waals surface area contributed by atoms with E-state index in [1.807, 2.05) is 6.26 Å². The van der Waals surface area contributed by atoms with Crippen molar-refractivity contribution in [1.29, 1.82) is 5.26 Å². The summed E-state index contributed by atoms with van der Waals surface area (Å²) in [5.74, 6) is -0.783. The number of thiophene rings is 1. The first-order valence-electron chi connectivity index (χ1n) is 8.73. The first-order chi connectivity index (χ1) is 13.0. The molecule has 0 fully saturated rings. The highest BCUT2D eigenvalue weighted by Gasteiger charge is 2.24. The molecule has 2 N–H and O–H groups in total. The van der Waals surface area contributed by atoms with Gasteiger partial charge in [-0.2, -0.15) is 17.0 Å². The Morgan fingerprint density at radius 2 is 2.07 bits per heavy atom. The third kappa shape index (κ3) is 5.97. The normalized spacial score (nSPS) is 13.8. The van der Waals surface area contributed by atoms with E-state index in [0.717, 1.165) is 36.1 Å². The zero-order chi connectivity index (χ0) is 19.8. The summed E-state index contributed by atoms with van der Waals surface area (Å²) in [4.78, 5) is 36.7. The summed E-state index contributed by atoms with van der Waals surface area (Å²) in [7, 11) is 0. The molecule has 146 valence electrons. The molecule has 1 aromatic heterocycles. The molecule has 1 aliphatic carbocycles. The van der Waals surface area contributed by atoms with Crippen molar-refractivity contribution in [3.05, 3.63) is 16.0 Å². The number of carbonyl (C=O) groups excluding carboxylic acids is 3. The highest BCUT2D eigenvalue weighted by molar-refractivity contribution is 7.98. The summed E-state index contributed by atoms with van der Waals surface area (Å²) >= 11 is 2.97. The summed E-state index contributed by atoms with van der Waals surface area (Å²) in [6.07, 6.45) is 6.24. The second-order valence-electron chi connectivity index (χ2n) is 6.22. The van der Waals surface area contributed by atoms with Crippen LogP contribution in [0.3, 0.4) is 0 Å². The number of carbonyl (C=O) groups is 3. The molecule has 0 radical (unpaired) electrons. The van der Waals surface area contributed by atoms with E-state index in [1.165, 1.54) is 18.3 Å². The van der Waals surface area contributed by atoms with E-state index in [9.17, 15) is 19.6 Å². The molecule has 1 heterocycles. The quantitative estimate of drug-likeness (QED) is 0.638. The van der Waals surface area contributed by atoms with Crippen LogP contribution in [-0.2, 0) is 32.0 Å². The number of rotatable bonds is 8. The van der Waals surface area contributed by atoms with Gasteiger partial charge in [0.15, 0.2) is 6.61 Å². The average Bonchev–Trinajstić information content (AvgIpc) is 2.99. The predicted octanol–water partition coefficient (Wildman–Crippen LogP) is 2.24. The van der Waals surface area contributed by atoms with Gasteiger partial charge < -0.3 is 15.4 Å². The minimum absolute atomic E-state index is 0.328. The number of nitriles is 1. The molecule has 0 unspecified atom stereocenters. The van der Waals surface area contributed by atoms with Crippen LogP contribution < -0.4 is 10.6 Å². The molecular formula is C18H23N3O4S2. The van der Waals surface area contributed by atoms with Gasteiger partial charge in [-0.1, -0.05) is 0 Å². The molecule has 0 saturated carbocycles. The summed E-state index contributed by atoms with van der Waals surface area (Å²) in [6.45, 7) is 0.871. The van der Waals surface area contributed by atoms with Gasteiger partial charge in [-0.3, -0.25) is 9.59 Å². The molecule has 0 spiro atoms. The average molecular weight is 410 g/mol. The Kier molecular flexibility index (Phi) is 8.13. The number of esters is 1. The van der Waals surface area contributed by atoms with Gasteiger partial charge in [-0.25, -0.2) is 4.79 Å². The lowest BCUT2D eigenvalue weighted by molar-refractivity contribution is -0.150. The molecular weight excluding hydrogens is 386 g/mol. The van der Waals surface area contributed by atoms with E-state index in [4.69, 9.17) is 4.74 Å². The molecule has 7 nitrogen and oxygen atoms in total. The number of thioether (sulfide) groups is 1. The van der Waals surface area contributed by atoms with E-state index in [2.05, 4.69) is 16.7 Å². The van der Waals surface area contributed by atoms with Crippen LogP contribution in [0, 0.1) is 11.3 Å². The Balaban J connectivity index is 1.93. The molecule has 9 heteroatoms. The number of aryl methyl sites for hydroxylation is 1. The first-order valence-corrected chi connectivity index (χ1v) is 10.9. The third-order valence-corrected chi connectivity index (χ3v) is 6.01. The molecule has 1 aromatic rings. The number of nitrogens with zero attached hydrogens (tertiary/aromatic N) is 1. The number of ether oxygens (including phenoxy) is 1. The van der Waals surface area contributed by atoms with Crippen LogP contribution in [0.15, 0.2) is 0 Å². The lowest BCUT2D eigenvalue weighted by atomic mass is 9.96. The summed E-state index contributed by atoms with van der Waals surface area (Å²) in [6, 6.07) is 1.40. The van der Waals surface area contributed by atoms with Crippen LogP contribution >= 0.6 is 23.1 Å². The van der Waals surface area contributed by atoms with E-state index in [1.54, 1.807) is 11.8 Å². The van der Waals surface area contributed by atoms with Crippen molar-refractivity contribution >= 4 is 45.9 Å². The number of amides is 2. The molecule has 2 rings (SSSR count). The van der Waals surface area contributed by atoms with Crippen LogP contribution in [-0.4, -0.2) is 42.4 Å². The number of hydrogen-bond acceptors (Lipinski definition) is 7. The van der Waals surface area contributed by atoms with Crippen molar-refractivity contribution in [2.45, 2.75) is 45.1 Å². The smallest absolute Gasteiger partial charge is 0.329 e. The Bertz CT molecular complexity index is 755. The maximum atomic E-state index is 12.2. The Hall–Kier alpha value is -2.05. The topological polar surface area (TPSA) is 108 Å². The van der Waals surface area contributed by atoms with Gasteiger partial charge in [0.1, 0.15) is 17.1 Å². The maximum Gasteiger partial charge on any atom is 0.329 e. The fourth-order valence-electron chi connectivity index (χ4n) is 2.90. The van der Waals surface area contributed by atoms with Gasteiger partial charge in [0.2, 0.25) is 5.91 Å². The first kappa shape index (κ1) is 21.3. The van der Waals surface area contributed by atoms with E-state index in [-0.39, 0.29) is 5.91 Å². The largest absolute Gasteiger partial charge is 0.454 e. The zero-order valence-corrected chi connectivity index (χ0v) is 17.1. The van der Waals surface area contributed by atoms with Crippen LogP contribution in [0.2, 0.25) is 0 Å². The minimum Gasteiger partial charge on any atom is -0.454 e. The van der Waals surface area contributed by atoms with Gasteiger partial charge in [0, 0.05) is 11.8 Å². The predicted molar refractivity (Wildman–Crippen MR) is 106 cm³/mol. The molecule has 1 atom stereocenters. The second-order valence-corrected chi connectivity index (χ2v) is 8.31. The Labute approximate surface area is 166 Å². The Morgan fingerprint density at radius 1 is 1.33 bits per heavy atom. The monoisotopic (exact) mass is 409 g/mol. The van der Waals surface area contributed by atoms with E-state index in [0.29, 0.717) is 22.7 Å². The minimum atomic E-state index is -0.772. The Morgan fingerprint density at radius 3 is 2.74 bits per heavy atom. The molecule has 2 amide bonds. The molecule has 27 heavy (non-hydrogen) atoms. The van der Waals surface area contributed by atoms with E-state index < -0.39 is 24.5 Å². The molecule has 0 aromatic carbocycles. The van der Waals surface area contributed by atoms with Gasteiger partial charge in [-0.15, -0.1) is 11.3 Å². The standard InChI is InChI=1S/C18H23N3O4S2/c1-11(22)20-14(7-8-26-2)18(24)25-10-16(23)21-17-13(9-19)12-5-3-4-6-15(12)27-17/h14H,3-8,10H2,1-2H3,(H,20,22)(H,21,23)/t14-/m0/s1. The number of fused-ring (bicyclic) bond motifs is 1. The molecule has 0 saturated heterocycles.